The maximum atomic E-state index is 11.8. The molecule has 1 aliphatic heterocycles. The van der Waals surface area contributed by atoms with Crippen molar-refractivity contribution in [2.75, 3.05) is 24.6 Å². The van der Waals surface area contributed by atoms with Crippen molar-refractivity contribution >= 4 is 21.8 Å². The fourth-order valence-electron chi connectivity index (χ4n) is 1.65. The van der Waals surface area contributed by atoms with E-state index in [-0.39, 0.29) is 30.5 Å². The first-order valence-electron chi connectivity index (χ1n) is 5.71. The summed E-state index contributed by atoms with van der Waals surface area (Å²) in [6.07, 6.45) is 0. The zero-order valence-corrected chi connectivity index (χ0v) is 11.2. The van der Waals surface area contributed by atoms with Crippen LogP contribution in [-0.4, -0.2) is 61.1 Å². The highest BCUT2D eigenvalue weighted by molar-refractivity contribution is 7.91. The van der Waals surface area contributed by atoms with Gasteiger partial charge in [0.15, 0.2) is 9.84 Å². The molecule has 1 heterocycles. The van der Waals surface area contributed by atoms with Crippen molar-refractivity contribution in [3.05, 3.63) is 0 Å². The second-order valence-corrected chi connectivity index (χ2v) is 6.95. The third kappa shape index (κ3) is 3.86. The summed E-state index contributed by atoms with van der Waals surface area (Å²) < 4.78 is 22.4. The van der Waals surface area contributed by atoms with Crippen molar-refractivity contribution in [3.8, 4) is 0 Å². The third-order valence-electron chi connectivity index (χ3n) is 2.84. The fraction of sp³-hybridized carbons (Fsp3) is 0.800. The quantitative estimate of drug-likeness (QED) is 0.726. The summed E-state index contributed by atoms with van der Waals surface area (Å²) >= 11 is 0. The molecule has 104 valence electrons. The lowest BCUT2D eigenvalue weighted by atomic mass is 10.1. The molecule has 1 atom stereocenters. The van der Waals surface area contributed by atoms with Crippen LogP contribution in [0.1, 0.15) is 13.8 Å². The number of urea groups is 1. The van der Waals surface area contributed by atoms with Gasteiger partial charge >= 0.3 is 12.0 Å². The first kappa shape index (κ1) is 14.7. The highest BCUT2D eigenvalue weighted by atomic mass is 32.2. The van der Waals surface area contributed by atoms with Crippen LogP contribution in [-0.2, 0) is 14.6 Å². The number of hydrogen-bond acceptors (Lipinski definition) is 4. The molecule has 2 N–H and O–H groups in total. The van der Waals surface area contributed by atoms with Gasteiger partial charge in [0.25, 0.3) is 0 Å². The van der Waals surface area contributed by atoms with Gasteiger partial charge in [-0.15, -0.1) is 0 Å². The van der Waals surface area contributed by atoms with E-state index in [4.69, 9.17) is 5.11 Å². The number of carboxylic acids is 1. The maximum absolute atomic E-state index is 11.8. The number of carbonyl (C=O) groups is 2. The Morgan fingerprint density at radius 2 is 1.72 bits per heavy atom. The molecule has 0 saturated carbocycles. The second-order valence-electron chi connectivity index (χ2n) is 4.65. The number of carboxylic acid groups (broad SMARTS) is 1. The van der Waals surface area contributed by atoms with E-state index in [0.29, 0.717) is 0 Å². The third-order valence-corrected chi connectivity index (χ3v) is 4.45. The molecule has 18 heavy (non-hydrogen) atoms. The Kier molecular flexibility index (Phi) is 4.55. The lowest BCUT2D eigenvalue weighted by Gasteiger charge is -2.29. The molecule has 1 fully saturated rings. The Morgan fingerprint density at radius 3 is 2.11 bits per heavy atom. The van der Waals surface area contributed by atoms with Gasteiger partial charge in [-0.05, 0) is 5.92 Å². The van der Waals surface area contributed by atoms with Crippen molar-refractivity contribution in [2.45, 2.75) is 19.9 Å². The highest BCUT2D eigenvalue weighted by Gasteiger charge is 2.29. The van der Waals surface area contributed by atoms with Crippen molar-refractivity contribution in [1.29, 1.82) is 0 Å². The SMILES string of the molecule is CC(C)[C@H](NC(=O)N1CCS(=O)(=O)CC1)C(=O)O. The molecule has 0 unspecified atom stereocenters. The number of sulfone groups is 1. The molecule has 0 aromatic rings. The molecule has 0 aromatic carbocycles. The van der Waals surface area contributed by atoms with Crippen LogP contribution in [0.3, 0.4) is 0 Å². The Bertz CT molecular complexity index is 418. The second kappa shape index (κ2) is 5.55. The van der Waals surface area contributed by atoms with Crippen molar-refractivity contribution < 1.29 is 23.1 Å². The molecule has 1 saturated heterocycles. The molecule has 2 amide bonds. The fourth-order valence-corrected chi connectivity index (χ4v) is 2.85. The summed E-state index contributed by atoms with van der Waals surface area (Å²) in [5.74, 6) is -1.47. The zero-order chi connectivity index (χ0) is 13.9. The molecular weight excluding hydrogens is 260 g/mol. The number of aliphatic carboxylic acids is 1. The van der Waals surface area contributed by atoms with Crippen LogP contribution in [0, 0.1) is 5.92 Å². The lowest BCUT2D eigenvalue weighted by Crippen LogP contribution is -2.53. The molecule has 1 aliphatic rings. The molecule has 0 radical (unpaired) electrons. The van der Waals surface area contributed by atoms with Crippen LogP contribution in [0.4, 0.5) is 4.79 Å². The van der Waals surface area contributed by atoms with E-state index < -0.39 is 27.9 Å². The van der Waals surface area contributed by atoms with E-state index in [1.54, 1.807) is 13.8 Å². The van der Waals surface area contributed by atoms with Crippen LogP contribution >= 0.6 is 0 Å². The van der Waals surface area contributed by atoms with Crippen molar-refractivity contribution in [1.82, 2.24) is 10.2 Å². The van der Waals surface area contributed by atoms with Crippen LogP contribution in [0.2, 0.25) is 0 Å². The summed E-state index contributed by atoms with van der Waals surface area (Å²) in [7, 11) is -3.05. The van der Waals surface area contributed by atoms with E-state index in [2.05, 4.69) is 5.32 Å². The predicted octanol–water partition coefficient (Wildman–Crippen LogP) is -0.464. The van der Waals surface area contributed by atoms with Gasteiger partial charge in [0.2, 0.25) is 0 Å². The van der Waals surface area contributed by atoms with Crippen LogP contribution in [0.25, 0.3) is 0 Å². The minimum absolute atomic E-state index is 0.0696. The van der Waals surface area contributed by atoms with Gasteiger partial charge < -0.3 is 15.3 Å². The first-order valence-corrected chi connectivity index (χ1v) is 7.54. The minimum atomic E-state index is -3.05. The molecular formula is C10H18N2O5S. The highest BCUT2D eigenvalue weighted by Crippen LogP contribution is 2.06. The van der Waals surface area contributed by atoms with E-state index in [9.17, 15) is 18.0 Å². The monoisotopic (exact) mass is 278 g/mol. The molecule has 0 spiro atoms. The topological polar surface area (TPSA) is 104 Å². The van der Waals surface area contributed by atoms with Gasteiger partial charge in [0.1, 0.15) is 6.04 Å². The number of nitrogens with one attached hydrogen (secondary N) is 1. The summed E-state index contributed by atoms with van der Waals surface area (Å²) in [6, 6.07) is -1.48. The Labute approximate surface area is 106 Å². The minimum Gasteiger partial charge on any atom is -0.480 e. The Hall–Kier alpha value is -1.31. The largest absolute Gasteiger partial charge is 0.480 e. The number of amides is 2. The van der Waals surface area contributed by atoms with Gasteiger partial charge in [-0.1, -0.05) is 13.8 Å². The molecule has 0 aliphatic carbocycles. The van der Waals surface area contributed by atoms with Gasteiger partial charge in [0, 0.05) is 13.1 Å². The van der Waals surface area contributed by atoms with Crippen LogP contribution < -0.4 is 5.32 Å². The van der Waals surface area contributed by atoms with E-state index in [0.717, 1.165) is 0 Å². The Balaban J connectivity index is 2.58. The molecule has 0 aromatic heterocycles. The van der Waals surface area contributed by atoms with E-state index in [1.165, 1.54) is 4.90 Å². The van der Waals surface area contributed by atoms with E-state index in [1.807, 2.05) is 0 Å². The van der Waals surface area contributed by atoms with Gasteiger partial charge in [0.05, 0.1) is 11.5 Å². The van der Waals surface area contributed by atoms with Gasteiger partial charge in [-0.3, -0.25) is 0 Å². The molecule has 8 heteroatoms. The van der Waals surface area contributed by atoms with Crippen LogP contribution in [0.15, 0.2) is 0 Å². The smallest absolute Gasteiger partial charge is 0.326 e. The summed E-state index contributed by atoms with van der Waals surface area (Å²) in [5, 5.41) is 11.4. The lowest BCUT2D eigenvalue weighted by molar-refractivity contribution is -0.140. The predicted molar refractivity (Wildman–Crippen MR) is 65.0 cm³/mol. The number of hydrogen-bond donors (Lipinski definition) is 2. The first-order chi connectivity index (χ1) is 8.23. The standard InChI is InChI=1S/C10H18N2O5S/c1-7(2)8(9(13)14)11-10(15)12-3-5-18(16,17)6-4-12/h7-8H,3-6H2,1-2H3,(H,11,15)(H,13,14)/t8-/m0/s1. The summed E-state index contributed by atoms with van der Waals surface area (Å²) in [6.45, 7) is 3.61. The Morgan fingerprint density at radius 1 is 1.22 bits per heavy atom. The maximum Gasteiger partial charge on any atom is 0.326 e. The average molecular weight is 278 g/mol. The van der Waals surface area contributed by atoms with Crippen LogP contribution in [0.5, 0.6) is 0 Å². The number of rotatable bonds is 3. The molecule has 7 nitrogen and oxygen atoms in total. The normalized spacial score (nSPS) is 20.5. The zero-order valence-electron chi connectivity index (χ0n) is 10.4. The summed E-state index contributed by atoms with van der Waals surface area (Å²) in [5.41, 5.74) is 0. The van der Waals surface area contributed by atoms with E-state index >= 15 is 0 Å². The number of nitrogens with zero attached hydrogens (tertiary/aromatic N) is 1. The van der Waals surface area contributed by atoms with Gasteiger partial charge in [-0.2, -0.15) is 0 Å². The van der Waals surface area contributed by atoms with Gasteiger partial charge in [-0.25, -0.2) is 18.0 Å². The number of carbonyl (C=O) groups excluding carboxylic acids is 1. The average Bonchev–Trinajstić information content (AvgIpc) is 2.24. The summed E-state index contributed by atoms with van der Waals surface area (Å²) in [4.78, 5) is 24.1. The van der Waals surface area contributed by atoms with Crippen molar-refractivity contribution in [3.63, 3.8) is 0 Å². The molecule has 0 bridgehead atoms. The molecule has 1 rings (SSSR count). The van der Waals surface area contributed by atoms with Crippen molar-refractivity contribution in [2.24, 2.45) is 5.92 Å².